The highest BCUT2D eigenvalue weighted by atomic mass is 35.5. The van der Waals surface area contributed by atoms with Crippen LogP contribution in [-0.4, -0.2) is 64.1 Å². The first kappa shape index (κ1) is 16.9. The van der Waals surface area contributed by atoms with Crippen molar-refractivity contribution in [2.45, 2.75) is 4.90 Å². The quantitative estimate of drug-likeness (QED) is 0.825. The maximum Gasteiger partial charge on any atom is 0.409 e. The van der Waals surface area contributed by atoms with Gasteiger partial charge in [0.05, 0.1) is 14.2 Å². The van der Waals surface area contributed by atoms with E-state index in [2.05, 4.69) is 4.74 Å². The van der Waals surface area contributed by atoms with Crippen LogP contribution in [0.25, 0.3) is 0 Å². The van der Waals surface area contributed by atoms with Crippen molar-refractivity contribution >= 4 is 27.7 Å². The topological polar surface area (TPSA) is 76.2 Å². The molecule has 0 aliphatic carbocycles. The highest BCUT2D eigenvalue weighted by Gasteiger charge is 2.32. The van der Waals surface area contributed by atoms with E-state index in [1.54, 1.807) is 6.07 Å². The summed E-state index contributed by atoms with van der Waals surface area (Å²) in [5.74, 6) is 0.236. The predicted octanol–water partition coefficient (Wildman–Crippen LogP) is 1.42. The van der Waals surface area contributed by atoms with E-state index in [9.17, 15) is 13.2 Å². The normalized spacial score (nSPS) is 16.4. The molecule has 122 valence electrons. The number of sulfonamides is 1. The van der Waals surface area contributed by atoms with Crippen LogP contribution in [0, 0.1) is 0 Å². The van der Waals surface area contributed by atoms with Crippen LogP contribution in [0.15, 0.2) is 23.1 Å². The standard InChI is InChI=1S/C13H17ClN2O5S/c1-20-11-4-3-10(14)9-12(11)22(18,19)16-7-5-15(6-8-16)13(17)21-2/h3-4,9H,5-8H2,1-2H3. The van der Waals surface area contributed by atoms with E-state index in [1.807, 2.05) is 0 Å². The molecule has 0 N–H and O–H groups in total. The van der Waals surface area contributed by atoms with Gasteiger partial charge in [0.15, 0.2) is 0 Å². The third kappa shape index (κ3) is 3.29. The molecule has 0 saturated carbocycles. The lowest BCUT2D eigenvalue weighted by Gasteiger charge is -2.33. The highest BCUT2D eigenvalue weighted by molar-refractivity contribution is 7.89. The Morgan fingerprint density at radius 2 is 1.82 bits per heavy atom. The molecule has 1 aromatic rings. The molecular weight excluding hydrogens is 332 g/mol. The summed E-state index contributed by atoms with van der Waals surface area (Å²) in [5.41, 5.74) is 0. The van der Waals surface area contributed by atoms with Gasteiger partial charge < -0.3 is 14.4 Å². The number of carbonyl (C=O) groups excluding carboxylic acids is 1. The molecule has 0 aromatic heterocycles. The summed E-state index contributed by atoms with van der Waals surface area (Å²) in [5, 5.41) is 0.313. The SMILES string of the molecule is COC(=O)N1CCN(S(=O)(=O)c2cc(Cl)ccc2OC)CC1. The van der Waals surface area contributed by atoms with Crippen molar-refractivity contribution in [3.63, 3.8) is 0 Å². The molecule has 1 aliphatic rings. The first-order valence-electron chi connectivity index (χ1n) is 6.56. The van der Waals surface area contributed by atoms with Crippen LogP contribution in [0.1, 0.15) is 0 Å². The zero-order valence-corrected chi connectivity index (χ0v) is 13.9. The van der Waals surface area contributed by atoms with Gasteiger partial charge in [-0.3, -0.25) is 0 Å². The second-order valence-corrected chi connectivity index (χ2v) is 7.00. The van der Waals surface area contributed by atoms with E-state index in [1.165, 1.54) is 35.6 Å². The summed E-state index contributed by atoms with van der Waals surface area (Å²) in [6.45, 7) is 0.920. The maximum absolute atomic E-state index is 12.7. The summed E-state index contributed by atoms with van der Waals surface area (Å²) >= 11 is 5.89. The molecule has 22 heavy (non-hydrogen) atoms. The second kappa shape index (κ2) is 6.72. The van der Waals surface area contributed by atoms with E-state index in [-0.39, 0.29) is 36.8 Å². The summed E-state index contributed by atoms with van der Waals surface area (Å²) < 4.78 is 36.5. The molecule has 1 amide bonds. The summed E-state index contributed by atoms with van der Waals surface area (Å²) in [6, 6.07) is 4.44. The molecule has 1 aliphatic heterocycles. The van der Waals surface area contributed by atoms with Gasteiger partial charge in [-0.05, 0) is 18.2 Å². The van der Waals surface area contributed by atoms with Crippen molar-refractivity contribution in [3.05, 3.63) is 23.2 Å². The Balaban J connectivity index is 2.22. The van der Waals surface area contributed by atoms with Gasteiger partial charge in [-0.1, -0.05) is 11.6 Å². The lowest BCUT2D eigenvalue weighted by atomic mass is 10.3. The molecule has 9 heteroatoms. The van der Waals surface area contributed by atoms with Crippen molar-refractivity contribution in [3.8, 4) is 5.75 Å². The Morgan fingerprint density at radius 3 is 2.36 bits per heavy atom. The Bertz CT molecular complexity index is 656. The van der Waals surface area contributed by atoms with E-state index in [0.717, 1.165) is 0 Å². The lowest BCUT2D eigenvalue weighted by Crippen LogP contribution is -2.50. The van der Waals surface area contributed by atoms with Crippen molar-refractivity contribution in [2.24, 2.45) is 0 Å². The van der Waals surface area contributed by atoms with Crippen molar-refractivity contribution in [2.75, 3.05) is 40.4 Å². The zero-order valence-electron chi connectivity index (χ0n) is 12.3. The largest absolute Gasteiger partial charge is 0.495 e. The smallest absolute Gasteiger partial charge is 0.409 e. The first-order valence-corrected chi connectivity index (χ1v) is 8.38. The molecule has 0 atom stereocenters. The molecule has 0 radical (unpaired) electrons. The highest BCUT2D eigenvalue weighted by Crippen LogP contribution is 2.30. The lowest BCUT2D eigenvalue weighted by molar-refractivity contribution is 0.108. The number of amides is 1. The molecule has 1 saturated heterocycles. The number of benzene rings is 1. The van der Waals surface area contributed by atoms with Crippen LogP contribution in [0.5, 0.6) is 5.75 Å². The Hall–Kier alpha value is -1.51. The number of hydrogen-bond acceptors (Lipinski definition) is 5. The third-order valence-corrected chi connectivity index (χ3v) is 5.57. The minimum Gasteiger partial charge on any atom is -0.495 e. The number of carbonyl (C=O) groups is 1. The van der Waals surface area contributed by atoms with Gasteiger partial charge in [0.2, 0.25) is 10.0 Å². The molecule has 7 nitrogen and oxygen atoms in total. The minimum absolute atomic E-state index is 0.0222. The Morgan fingerprint density at radius 1 is 1.18 bits per heavy atom. The molecule has 2 rings (SSSR count). The molecule has 1 aromatic carbocycles. The van der Waals surface area contributed by atoms with Gasteiger partial charge in [-0.25, -0.2) is 13.2 Å². The van der Waals surface area contributed by atoms with E-state index in [0.29, 0.717) is 5.02 Å². The molecule has 1 fully saturated rings. The van der Waals surface area contributed by atoms with Gasteiger partial charge >= 0.3 is 6.09 Å². The van der Waals surface area contributed by atoms with Crippen LogP contribution in [0.3, 0.4) is 0 Å². The average molecular weight is 349 g/mol. The third-order valence-electron chi connectivity index (χ3n) is 3.41. The number of nitrogens with zero attached hydrogens (tertiary/aromatic N) is 2. The molecule has 1 heterocycles. The fourth-order valence-electron chi connectivity index (χ4n) is 2.23. The van der Waals surface area contributed by atoms with Crippen LogP contribution >= 0.6 is 11.6 Å². The number of piperazine rings is 1. The summed E-state index contributed by atoms with van der Waals surface area (Å²) in [6.07, 6.45) is -0.461. The van der Waals surface area contributed by atoms with Crippen LogP contribution in [0.4, 0.5) is 4.79 Å². The molecular formula is C13H17ClN2O5S. The van der Waals surface area contributed by atoms with E-state index < -0.39 is 16.1 Å². The van der Waals surface area contributed by atoms with Crippen LogP contribution < -0.4 is 4.74 Å². The number of ether oxygens (including phenoxy) is 2. The monoisotopic (exact) mass is 348 g/mol. The van der Waals surface area contributed by atoms with Crippen LogP contribution in [-0.2, 0) is 14.8 Å². The number of halogens is 1. The van der Waals surface area contributed by atoms with Gasteiger partial charge in [-0.15, -0.1) is 0 Å². The van der Waals surface area contributed by atoms with Gasteiger partial charge in [0, 0.05) is 31.2 Å². The van der Waals surface area contributed by atoms with E-state index >= 15 is 0 Å². The summed E-state index contributed by atoms with van der Waals surface area (Å²) in [7, 11) is -1.04. The Labute approximate surface area is 134 Å². The molecule has 0 bridgehead atoms. The first-order chi connectivity index (χ1) is 10.4. The minimum atomic E-state index is -3.74. The van der Waals surface area contributed by atoms with Gasteiger partial charge in [0.1, 0.15) is 10.6 Å². The van der Waals surface area contributed by atoms with Crippen molar-refractivity contribution in [1.29, 1.82) is 0 Å². The fraction of sp³-hybridized carbons (Fsp3) is 0.462. The number of hydrogen-bond donors (Lipinski definition) is 0. The maximum atomic E-state index is 12.7. The van der Waals surface area contributed by atoms with Gasteiger partial charge in [0.25, 0.3) is 0 Å². The Kier molecular flexibility index (Phi) is 5.15. The van der Waals surface area contributed by atoms with Gasteiger partial charge in [-0.2, -0.15) is 4.31 Å². The number of rotatable bonds is 3. The predicted molar refractivity (Wildman–Crippen MR) is 80.7 cm³/mol. The number of methoxy groups -OCH3 is 2. The van der Waals surface area contributed by atoms with E-state index in [4.69, 9.17) is 16.3 Å². The zero-order chi connectivity index (χ0) is 16.3. The van der Waals surface area contributed by atoms with Crippen molar-refractivity contribution < 1.29 is 22.7 Å². The van der Waals surface area contributed by atoms with Crippen molar-refractivity contribution in [1.82, 2.24) is 9.21 Å². The average Bonchev–Trinajstić information content (AvgIpc) is 2.54. The fourth-order valence-corrected chi connectivity index (χ4v) is 4.07. The molecule has 0 spiro atoms. The van der Waals surface area contributed by atoms with Crippen LogP contribution in [0.2, 0.25) is 5.02 Å². The molecule has 0 unspecified atom stereocenters. The second-order valence-electron chi connectivity index (χ2n) is 4.66. The summed E-state index contributed by atoms with van der Waals surface area (Å²) in [4.78, 5) is 12.9.